The molecule has 0 fully saturated rings. The van der Waals surface area contributed by atoms with Crippen LogP contribution in [-0.4, -0.2) is 31.9 Å². The lowest BCUT2D eigenvalue weighted by Crippen LogP contribution is -2.19. The maximum absolute atomic E-state index is 13.0. The van der Waals surface area contributed by atoms with E-state index in [4.69, 9.17) is 16.3 Å². The van der Waals surface area contributed by atoms with Crippen LogP contribution in [0.15, 0.2) is 18.2 Å². The lowest BCUT2D eigenvalue weighted by atomic mass is 10.2. The summed E-state index contributed by atoms with van der Waals surface area (Å²) in [6.45, 7) is -1.67. The average Bonchev–Trinajstić information content (AvgIpc) is 2.36. The first-order valence-electron chi connectivity index (χ1n) is 5.54. The van der Waals surface area contributed by atoms with Gasteiger partial charge in [-0.3, -0.25) is 0 Å². The summed E-state index contributed by atoms with van der Waals surface area (Å²) in [5, 5.41) is 0. The lowest BCUT2D eigenvalue weighted by molar-refractivity contribution is -0.175. The molecule has 7 heteroatoms. The molecule has 110 valence electrons. The first kappa shape index (κ1) is 16.6. The Bertz CT molecular complexity index is 491. The highest BCUT2D eigenvalue weighted by molar-refractivity contribution is 6.19. The van der Waals surface area contributed by atoms with E-state index in [2.05, 4.69) is 16.6 Å². The SMILES string of the molecule is Fc1ccc(OCCOCC(F)(F)F)c(C#CCCl)c1. The Morgan fingerprint density at radius 2 is 1.95 bits per heavy atom. The van der Waals surface area contributed by atoms with Crippen molar-refractivity contribution in [2.45, 2.75) is 6.18 Å². The van der Waals surface area contributed by atoms with Gasteiger partial charge in [0.15, 0.2) is 0 Å². The van der Waals surface area contributed by atoms with Crippen molar-refractivity contribution in [3.05, 3.63) is 29.6 Å². The molecule has 0 saturated carbocycles. The fraction of sp³-hybridized carbons (Fsp3) is 0.385. The van der Waals surface area contributed by atoms with Crippen LogP contribution in [-0.2, 0) is 4.74 Å². The van der Waals surface area contributed by atoms with Crippen LogP contribution in [0.4, 0.5) is 17.6 Å². The molecule has 0 amide bonds. The van der Waals surface area contributed by atoms with E-state index in [9.17, 15) is 17.6 Å². The van der Waals surface area contributed by atoms with Gasteiger partial charge in [0.1, 0.15) is 24.8 Å². The molecule has 0 spiro atoms. The van der Waals surface area contributed by atoms with E-state index in [1.807, 2.05) is 0 Å². The van der Waals surface area contributed by atoms with Crippen molar-refractivity contribution in [2.75, 3.05) is 25.7 Å². The standard InChI is InChI=1S/C13H11ClF4O2/c14-5-1-2-10-8-11(15)3-4-12(10)20-7-6-19-9-13(16,17)18/h3-4,8H,5-7,9H2. The van der Waals surface area contributed by atoms with Gasteiger partial charge >= 0.3 is 6.18 Å². The van der Waals surface area contributed by atoms with Gasteiger partial charge in [-0.15, -0.1) is 11.6 Å². The molecule has 0 bridgehead atoms. The van der Waals surface area contributed by atoms with E-state index < -0.39 is 18.6 Å². The molecule has 20 heavy (non-hydrogen) atoms. The van der Waals surface area contributed by atoms with E-state index in [1.165, 1.54) is 6.07 Å². The van der Waals surface area contributed by atoms with Gasteiger partial charge in [-0.1, -0.05) is 11.8 Å². The van der Waals surface area contributed by atoms with Crippen LogP contribution in [0.5, 0.6) is 5.75 Å². The molecule has 1 aromatic rings. The van der Waals surface area contributed by atoms with Crippen molar-refractivity contribution in [3.8, 4) is 17.6 Å². The summed E-state index contributed by atoms with van der Waals surface area (Å²) in [6.07, 6.45) is -4.37. The average molecular weight is 311 g/mol. The van der Waals surface area contributed by atoms with Gasteiger partial charge in [0.05, 0.1) is 18.1 Å². The van der Waals surface area contributed by atoms with Crippen LogP contribution < -0.4 is 4.74 Å². The van der Waals surface area contributed by atoms with Crippen molar-refractivity contribution >= 4 is 11.6 Å². The Hall–Kier alpha value is -1.45. The largest absolute Gasteiger partial charge is 0.490 e. The zero-order valence-corrected chi connectivity index (χ0v) is 11.0. The monoisotopic (exact) mass is 310 g/mol. The van der Waals surface area contributed by atoms with Crippen LogP contribution >= 0.6 is 11.6 Å². The minimum absolute atomic E-state index is 0.0741. The quantitative estimate of drug-likeness (QED) is 0.359. The summed E-state index contributed by atoms with van der Waals surface area (Å²) in [7, 11) is 0. The molecule has 0 atom stereocenters. The van der Waals surface area contributed by atoms with Crippen LogP contribution in [0.3, 0.4) is 0 Å². The minimum atomic E-state index is -4.37. The summed E-state index contributed by atoms with van der Waals surface area (Å²) in [4.78, 5) is 0. The topological polar surface area (TPSA) is 18.5 Å². The zero-order chi connectivity index (χ0) is 15.0. The van der Waals surface area contributed by atoms with Gasteiger partial charge in [0.2, 0.25) is 0 Å². The van der Waals surface area contributed by atoms with Gasteiger partial charge in [0.25, 0.3) is 0 Å². The molecule has 0 heterocycles. The summed E-state index contributed by atoms with van der Waals surface area (Å²) in [6, 6.07) is 3.67. The number of ether oxygens (including phenoxy) is 2. The lowest BCUT2D eigenvalue weighted by Gasteiger charge is -2.10. The first-order chi connectivity index (χ1) is 9.42. The summed E-state index contributed by atoms with van der Waals surface area (Å²) >= 11 is 5.40. The van der Waals surface area contributed by atoms with Crippen molar-refractivity contribution in [1.29, 1.82) is 0 Å². The van der Waals surface area contributed by atoms with E-state index in [0.29, 0.717) is 0 Å². The number of hydrogen-bond donors (Lipinski definition) is 0. The normalized spacial score (nSPS) is 10.8. The Kier molecular flexibility index (Phi) is 6.62. The minimum Gasteiger partial charge on any atom is -0.490 e. The second kappa shape index (κ2) is 7.98. The van der Waals surface area contributed by atoms with Gasteiger partial charge in [-0.25, -0.2) is 4.39 Å². The van der Waals surface area contributed by atoms with E-state index >= 15 is 0 Å². The number of alkyl halides is 4. The smallest absolute Gasteiger partial charge is 0.411 e. The fourth-order valence-electron chi connectivity index (χ4n) is 1.25. The number of halogens is 5. The van der Waals surface area contributed by atoms with Crippen molar-refractivity contribution < 1.29 is 27.0 Å². The number of hydrogen-bond acceptors (Lipinski definition) is 2. The van der Waals surface area contributed by atoms with Crippen LogP contribution in [0.1, 0.15) is 5.56 Å². The molecule has 0 aliphatic rings. The maximum atomic E-state index is 13.0. The number of rotatable bonds is 5. The van der Waals surface area contributed by atoms with Gasteiger partial charge in [-0.05, 0) is 18.2 Å². The second-order valence-corrected chi connectivity index (χ2v) is 3.86. The van der Waals surface area contributed by atoms with Crippen molar-refractivity contribution in [2.24, 2.45) is 0 Å². The molecule has 0 saturated heterocycles. The van der Waals surface area contributed by atoms with Crippen molar-refractivity contribution in [1.82, 2.24) is 0 Å². The summed E-state index contributed by atoms with van der Waals surface area (Å²) < 4.78 is 58.1. The van der Waals surface area contributed by atoms with Crippen LogP contribution in [0, 0.1) is 17.7 Å². The highest BCUT2D eigenvalue weighted by Gasteiger charge is 2.27. The highest BCUT2D eigenvalue weighted by Crippen LogP contribution is 2.19. The summed E-state index contributed by atoms with van der Waals surface area (Å²) in [5.74, 6) is 4.99. The molecule has 0 radical (unpaired) electrons. The zero-order valence-electron chi connectivity index (χ0n) is 10.3. The maximum Gasteiger partial charge on any atom is 0.411 e. The molecule has 1 aromatic carbocycles. The van der Waals surface area contributed by atoms with Crippen LogP contribution in [0.25, 0.3) is 0 Å². The molecule has 1 rings (SSSR count). The van der Waals surface area contributed by atoms with Gasteiger partial charge in [-0.2, -0.15) is 13.2 Å². The predicted octanol–water partition coefficient (Wildman–Crippen LogP) is 3.37. The van der Waals surface area contributed by atoms with E-state index in [1.54, 1.807) is 0 Å². The van der Waals surface area contributed by atoms with Crippen LogP contribution in [0.2, 0.25) is 0 Å². The Balaban J connectivity index is 2.51. The number of benzene rings is 1. The third kappa shape index (κ3) is 6.64. The molecule has 0 unspecified atom stereocenters. The molecule has 0 N–H and O–H groups in total. The molecular formula is C13H11ClF4O2. The molecule has 2 nitrogen and oxygen atoms in total. The van der Waals surface area contributed by atoms with Gasteiger partial charge < -0.3 is 9.47 Å². The molecule has 0 aliphatic carbocycles. The van der Waals surface area contributed by atoms with E-state index in [-0.39, 0.29) is 30.4 Å². The fourth-order valence-corrected chi connectivity index (χ4v) is 1.32. The predicted molar refractivity (Wildman–Crippen MR) is 66.4 cm³/mol. The second-order valence-electron chi connectivity index (χ2n) is 3.59. The third-order valence-corrected chi connectivity index (χ3v) is 2.12. The first-order valence-corrected chi connectivity index (χ1v) is 6.07. The third-order valence-electron chi connectivity index (χ3n) is 1.98. The molecule has 0 aromatic heterocycles. The summed E-state index contributed by atoms with van der Waals surface area (Å²) in [5.41, 5.74) is 0.279. The molecule has 0 aliphatic heterocycles. The Morgan fingerprint density at radius 3 is 2.60 bits per heavy atom. The molecular weight excluding hydrogens is 300 g/mol. The highest BCUT2D eigenvalue weighted by atomic mass is 35.5. The Labute approximate surface area is 118 Å². The Morgan fingerprint density at radius 1 is 1.20 bits per heavy atom. The van der Waals surface area contributed by atoms with E-state index in [0.717, 1.165) is 12.1 Å². The van der Waals surface area contributed by atoms with Gasteiger partial charge in [0, 0.05) is 0 Å². The van der Waals surface area contributed by atoms with Crippen molar-refractivity contribution in [3.63, 3.8) is 0 Å².